The largest absolute Gasteiger partial charge is 0.389 e. The van der Waals surface area contributed by atoms with Gasteiger partial charge in [0.15, 0.2) is 0 Å². The van der Waals surface area contributed by atoms with E-state index in [-0.39, 0.29) is 10.6 Å². The topological polar surface area (TPSA) is 69.8 Å². The van der Waals surface area contributed by atoms with Crippen molar-refractivity contribution in [2.24, 2.45) is 0 Å². The van der Waals surface area contributed by atoms with Crippen molar-refractivity contribution in [3.63, 3.8) is 0 Å². The van der Waals surface area contributed by atoms with Crippen molar-refractivity contribution in [2.45, 2.75) is 31.9 Å². The van der Waals surface area contributed by atoms with Crippen molar-refractivity contribution in [1.82, 2.24) is 4.90 Å². The number of likely N-dealkylation sites (N-methyl/N-ethyl adjacent to an activating group) is 1. The lowest BCUT2D eigenvalue weighted by Gasteiger charge is -2.29. The molecule has 0 aliphatic carbocycles. The Morgan fingerprint density at radius 2 is 2.24 bits per heavy atom. The van der Waals surface area contributed by atoms with Gasteiger partial charge in [-0.15, -0.1) is 0 Å². The molecule has 1 aliphatic heterocycles. The van der Waals surface area contributed by atoms with Gasteiger partial charge >= 0.3 is 0 Å². The van der Waals surface area contributed by atoms with Gasteiger partial charge in [0, 0.05) is 25.2 Å². The molecule has 6 nitrogen and oxygen atoms in total. The lowest BCUT2D eigenvalue weighted by Crippen LogP contribution is -2.37. The maximum Gasteiger partial charge on any atom is 0.292 e. The summed E-state index contributed by atoms with van der Waals surface area (Å²) in [7, 11) is 4.03. The summed E-state index contributed by atoms with van der Waals surface area (Å²) in [6, 6.07) is 5.34. The maximum atomic E-state index is 11.4. The van der Waals surface area contributed by atoms with Crippen LogP contribution >= 0.6 is 0 Å². The minimum Gasteiger partial charge on any atom is -0.389 e. The molecule has 116 valence electrons. The summed E-state index contributed by atoms with van der Waals surface area (Å²) >= 11 is 0. The summed E-state index contributed by atoms with van der Waals surface area (Å²) < 4.78 is 0. The van der Waals surface area contributed by atoms with E-state index in [4.69, 9.17) is 0 Å². The van der Waals surface area contributed by atoms with Crippen molar-refractivity contribution in [3.05, 3.63) is 33.9 Å². The zero-order valence-corrected chi connectivity index (χ0v) is 12.8. The predicted molar refractivity (Wildman–Crippen MR) is 82.7 cm³/mol. The molecule has 2 rings (SSSR count). The molecule has 1 N–H and O–H groups in total. The Balaban J connectivity index is 2.36. The number of anilines is 1. The number of benzene rings is 1. The van der Waals surface area contributed by atoms with Crippen molar-refractivity contribution < 1.29 is 10.0 Å². The maximum absolute atomic E-state index is 11.4. The van der Waals surface area contributed by atoms with Gasteiger partial charge in [-0.05, 0) is 45.5 Å². The van der Waals surface area contributed by atoms with E-state index in [1.54, 1.807) is 19.1 Å². The highest BCUT2D eigenvalue weighted by Gasteiger charge is 2.30. The van der Waals surface area contributed by atoms with Crippen LogP contribution in [0.4, 0.5) is 11.4 Å². The fraction of sp³-hybridized carbons (Fsp3) is 0.600. The van der Waals surface area contributed by atoms with E-state index < -0.39 is 6.10 Å². The Hall–Kier alpha value is -1.66. The van der Waals surface area contributed by atoms with E-state index in [2.05, 4.69) is 9.80 Å². The smallest absolute Gasteiger partial charge is 0.292 e. The molecule has 0 amide bonds. The summed E-state index contributed by atoms with van der Waals surface area (Å²) in [6.07, 6.45) is 1.40. The number of aliphatic hydroxyl groups excluding tert-OH is 1. The number of nitrogens with zero attached hydrogens (tertiary/aromatic N) is 3. The first-order chi connectivity index (χ1) is 9.90. The minimum absolute atomic E-state index is 0.0825. The molecule has 1 heterocycles. The van der Waals surface area contributed by atoms with Crippen LogP contribution in [0.3, 0.4) is 0 Å². The predicted octanol–water partition coefficient (Wildman–Crippen LogP) is 2.18. The van der Waals surface area contributed by atoms with Crippen LogP contribution in [0, 0.1) is 10.1 Å². The third kappa shape index (κ3) is 3.51. The van der Waals surface area contributed by atoms with Crippen LogP contribution < -0.4 is 4.90 Å². The van der Waals surface area contributed by atoms with Crippen molar-refractivity contribution in [1.29, 1.82) is 0 Å². The monoisotopic (exact) mass is 293 g/mol. The Morgan fingerprint density at radius 1 is 1.52 bits per heavy atom. The molecule has 0 spiro atoms. The van der Waals surface area contributed by atoms with E-state index in [0.29, 0.717) is 17.3 Å². The SMILES string of the molecule is C[C@@H](O)c1ccc(N2CCCC2CN(C)C)c([N+](=O)[O-])c1. The van der Waals surface area contributed by atoms with Gasteiger partial charge in [-0.3, -0.25) is 10.1 Å². The van der Waals surface area contributed by atoms with Crippen molar-refractivity contribution in [3.8, 4) is 0 Å². The number of aliphatic hydroxyl groups is 1. The molecule has 0 bridgehead atoms. The van der Waals surface area contributed by atoms with Crippen LogP contribution in [0.5, 0.6) is 0 Å². The second kappa shape index (κ2) is 6.41. The minimum atomic E-state index is -0.700. The Morgan fingerprint density at radius 3 is 2.81 bits per heavy atom. The molecule has 1 saturated heterocycles. The van der Waals surface area contributed by atoms with Crippen LogP contribution in [-0.4, -0.2) is 48.2 Å². The van der Waals surface area contributed by atoms with E-state index in [1.807, 2.05) is 14.1 Å². The van der Waals surface area contributed by atoms with E-state index in [0.717, 1.165) is 25.9 Å². The van der Waals surface area contributed by atoms with Crippen molar-refractivity contribution >= 4 is 11.4 Å². The van der Waals surface area contributed by atoms with Gasteiger partial charge in [0.25, 0.3) is 5.69 Å². The Kier molecular flexibility index (Phi) is 4.80. The van der Waals surface area contributed by atoms with E-state index in [9.17, 15) is 15.2 Å². The van der Waals surface area contributed by atoms with Crippen LogP contribution in [-0.2, 0) is 0 Å². The standard InChI is InChI=1S/C15H23N3O3/c1-11(19)12-6-7-14(15(9-12)18(20)21)17-8-4-5-13(17)10-16(2)3/h6-7,9,11,13,19H,4-5,8,10H2,1-3H3/t11-,13?/m1/s1. The first-order valence-electron chi connectivity index (χ1n) is 7.28. The molecule has 6 heteroatoms. The van der Waals surface area contributed by atoms with Crippen LogP contribution in [0.15, 0.2) is 18.2 Å². The quantitative estimate of drug-likeness (QED) is 0.665. The van der Waals surface area contributed by atoms with Gasteiger partial charge in [-0.1, -0.05) is 6.07 Å². The van der Waals surface area contributed by atoms with Gasteiger partial charge in [0.05, 0.1) is 11.0 Å². The molecule has 0 aromatic heterocycles. The average Bonchev–Trinajstić information content (AvgIpc) is 2.84. The molecule has 0 radical (unpaired) electrons. The van der Waals surface area contributed by atoms with Gasteiger partial charge < -0.3 is 14.9 Å². The van der Waals surface area contributed by atoms with Gasteiger partial charge in [-0.2, -0.15) is 0 Å². The summed E-state index contributed by atoms with van der Waals surface area (Å²) in [6.45, 7) is 3.34. The lowest BCUT2D eigenvalue weighted by molar-refractivity contribution is -0.384. The molecule has 1 aromatic rings. The lowest BCUT2D eigenvalue weighted by atomic mass is 10.1. The summed E-state index contributed by atoms with van der Waals surface area (Å²) in [5.41, 5.74) is 1.32. The fourth-order valence-corrected chi connectivity index (χ4v) is 2.95. The van der Waals surface area contributed by atoms with Crippen molar-refractivity contribution in [2.75, 3.05) is 32.1 Å². The third-order valence-corrected chi connectivity index (χ3v) is 3.94. The van der Waals surface area contributed by atoms with Crippen LogP contribution in [0.25, 0.3) is 0 Å². The van der Waals surface area contributed by atoms with Gasteiger partial charge in [-0.25, -0.2) is 0 Å². The highest BCUT2D eigenvalue weighted by molar-refractivity contribution is 5.65. The average molecular weight is 293 g/mol. The molecule has 1 unspecified atom stereocenters. The molecule has 1 aromatic carbocycles. The molecule has 2 atom stereocenters. The number of rotatable bonds is 5. The highest BCUT2D eigenvalue weighted by atomic mass is 16.6. The fourth-order valence-electron chi connectivity index (χ4n) is 2.95. The second-order valence-electron chi connectivity index (χ2n) is 5.93. The zero-order valence-electron chi connectivity index (χ0n) is 12.8. The normalized spacial score (nSPS) is 20.0. The first kappa shape index (κ1) is 15.7. The number of hydrogen-bond donors (Lipinski definition) is 1. The van der Waals surface area contributed by atoms with Crippen LogP contribution in [0.2, 0.25) is 0 Å². The second-order valence-corrected chi connectivity index (χ2v) is 5.93. The number of nitro benzene ring substituents is 1. The van der Waals surface area contributed by atoms with E-state index in [1.165, 1.54) is 6.07 Å². The highest BCUT2D eigenvalue weighted by Crippen LogP contribution is 2.35. The molecule has 21 heavy (non-hydrogen) atoms. The summed E-state index contributed by atoms with van der Waals surface area (Å²) in [5, 5.41) is 21.0. The zero-order chi connectivity index (χ0) is 15.6. The molecular weight excluding hydrogens is 270 g/mol. The summed E-state index contributed by atoms with van der Waals surface area (Å²) in [5.74, 6) is 0. The molecule has 0 saturated carbocycles. The Labute approximate surface area is 125 Å². The van der Waals surface area contributed by atoms with Gasteiger partial charge in [0.1, 0.15) is 5.69 Å². The Bertz CT molecular complexity index is 517. The molecular formula is C15H23N3O3. The number of nitro groups is 1. The molecule has 1 fully saturated rings. The van der Waals surface area contributed by atoms with Gasteiger partial charge in [0.2, 0.25) is 0 Å². The van der Waals surface area contributed by atoms with Crippen LogP contribution in [0.1, 0.15) is 31.4 Å². The summed E-state index contributed by atoms with van der Waals surface area (Å²) in [4.78, 5) is 15.3. The third-order valence-electron chi connectivity index (χ3n) is 3.94. The molecule has 1 aliphatic rings. The first-order valence-corrected chi connectivity index (χ1v) is 7.28. The van der Waals surface area contributed by atoms with E-state index >= 15 is 0 Å². The number of hydrogen-bond acceptors (Lipinski definition) is 5.